The Kier molecular flexibility index (Phi) is 13.7. The van der Waals surface area contributed by atoms with Crippen LogP contribution in [-0.2, 0) is 20.9 Å². The number of ether oxygens (including phenoxy) is 4. The molecule has 52 heavy (non-hydrogen) atoms. The number of benzene rings is 2. The number of hydrogen-bond donors (Lipinski definition) is 3. The first kappa shape index (κ1) is 38.8. The fourth-order valence-electron chi connectivity index (χ4n) is 8.17. The average molecular weight is 720 g/mol. The van der Waals surface area contributed by atoms with Crippen LogP contribution < -0.4 is 14.8 Å². The summed E-state index contributed by atoms with van der Waals surface area (Å²) in [6, 6.07) is 14.3. The molecule has 0 saturated heterocycles. The minimum absolute atomic E-state index is 0.0333. The van der Waals surface area contributed by atoms with Crippen molar-refractivity contribution in [3.63, 3.8) is 0 Å². The van der Waals surface area contributed by atoms with Crippen molar-refractivity contribution in [1.82, 2.24) is 10.2 Å². The summed E-state index contributed by atoms with van der Waals surface area (Å²) < 4.78 is 25.1. The predicted octanol–water partition coefficient (Wildman–Crippen LogP) is 6.33. The normalized spacial score (nSPS) is 25.1. The molecular formula is C40H53N3O9. The molecule has 3 aliphatic rings. The summed E-state index contributed by atoms with van der Waals surface area (Å²) in [5.74, 6) is -1.08. The minimum atomic E-state index is -1.38. The fraction of sp³-hybridized carbons (Fsp3) is 0.525. The predicted molar refractivity (Wildman–Crippen MR) is 196 cm³/mol. The molecule has 0 aromatic heterocycles. The van der Waals surface area contributed by atoms with Crippen LogP contribution in [0, 0.1) is 17.8 Å². The van der Waals surface area contributed by atoms with Gasteiger partial charge in [-0.3, -0.25) is 0 Å². The molecule has 1 saturated carbocycles. The van der Waals surface area contributed by atoms with Gasteiger partial charge < -0.3 is 44.2 Å². The van der Waals surface area contributed by atoms with Crippen LogP contribution in [0.5, 0.6) is 11.5 Å². The van der Waals surface area contributed by atoms with Crippen LogP contribution in [0.2, 0.25) is 0 Å². The summed E-state index contributed by atoms with van der Waals surface area (Å²) >= 11 is 0. The van der Waals surface area contributed by atoms with E-state index < -0.39 is 29.9 Å². The number of nitrogens with one attached hydrogen (secondary N) is 1. The molecule has 6 atom stereocenters. The lowest BCUT2D eigenvalue weighted by atomic mass is 9.55. The van der Waals surface area contributed by atoms with Crippen LogP contribution in [0.3, 0.4) is 0 Å². The van der Waals surface area contributed by atoms with E-state index in [2.05, 4.69) is 23.1 Å². The van der Waals surface area contributed by atoms with Crippen LogP contribution in [-0.4, -0.2) is 85.4 Å². The standard InChI is InChI=1S/C40H53N3O9/c1-5-22-50-40-35(43(3)39(47)49-6-2)25-33(42-48-4)31-23-28(16-10-12-20-44)30(17-11-13-21-45)36(37(31)40)32-24-29(18-19-34(32)52-40)51-38(46)41-26-27-14-8-7-9-15-27/h5,7-9,14-15,18-19,23-24,28,30,35-37,44-45H,1,6,10-13,16-17,20-22,25-26H2,2-4H3,(H,41,46). The second-order valence-electron chi connectivity index (χ2n) is 13.5. The van der Waals surface area contributed by atoms with Gasteiger partial charge in [0.25, 0.3) is 0 Å². The first-order valence-corrected chi connectivity index (χ1v) is 18.3. The van der Waals surface area contributed by atoms with E-state index >= 15 is 0 Å². The van der Waals surface area contributed by atoms with Gasteiger partial charge in [0.15, 0.2) is 0 Å². The number of rotatable bonds is 17. The number of oxime groups is 1. The Balaban J connectivity index is 1.66. The molecule has 282 valence electrons. The van der Waals surface area contributed by atoms with Crippen molar-refractivity contribution in [3.05, 3.63) is 84.0 Å². The Hall–Kier alpha value is -4.39. The average Bonchev–Trinajstić information content (AvgIpc) is 3.15. The number of allylic oxidation sites excluding steroid dienone is 1. The van der Waals surface area contributed by atoms with Gasteiger partial charge in [-0.1, -0.05) is 60.5 Å². The molecule has 5 rings (SSSR count). The molecule has 2 aromatic carbocycles. The third kappa shape index (κ3) is 8.46. The highest BCUT2D eigenvalue weighted by Gasteiger charge is 2.65. The van der Waals surface area contributed by atoms with Gasteiger partial charge >= 0.3 is 12.2 Å². The number of hydrogen-bond acceptors (Lipinski definition) is 10. The third-order valence-electron chi connectivity index (χ3n) is 10.4. The van der Waals surface area contributed by atoms with Gasteiger partial charge in [-0.15, -0.1) is 6.58 Å². The maximum Gasteiger partial charge on any atom is 0.412 e. The van der Waals surface area contributed by atoms with Crippen molar-refractivity contribution in [3.8, 4) is 11.5 Å². The van der Waals surface area contributed by atoms with Gasteiger partial charge in [-0.25, -0.2) is 9.59 Å². The zero-order valence-corrected chi connectivity index (χ0v) is 30.5. The molecule has 2 aliphatic carbocycles. The number of nitrogens with zero attached hydrogens (tertiary/aromatic N) is 2. The minimum Gasteiger partial charge on any atom is -0.459 e. The maximum absolute atomic E-state index is 13.4. The van der Waals surface area contributed by atoms with Crippen LogP contribution in [0.25, 0.3) is 0 Å². The smallest absolute Gasteiger partial charge is 0.412 e. The number of aliphatic hydroxyl groups excluding tert-OH is 2. The van der Waals surface area contributed by atoms with Gasteiger partial charge in [0.05, 0.1) is 24.8 Å². The van der Waals surface area contributed by atoms with Crippen LogP contribution in [0.1, 0.15) is 68.9 Å². The summed E-state index contributed by atoms with van der Waals surface area (Å²) in [7, 11) is 3.18. The van der Waals surface area contributed by atoms with E-state index in [4.69, 9.17) is 23.8 Å². The highest BCUT2D eigenvalue weighted by Crippen LogP contribution is 2.61. The topological polar surface area (TPSA) is 148 Å². The number of amides is 2. The quantitative estimate of drug-likeness (QED) is 0.0970. The number of fused-ring (bicyclic) bond motifs is 2. The summed E-state index contributed by atoms with van der Waals surface area (Å²) in [6.45, 7) is 6.52. The fourth-order valence-corrected chi connectivity index (χ4v) is 8.17. The maximum atomic E-state index is 13.4. The van der Waals surface area contributed by atoms with E-state index in [1.807, 2.05) is 36.4 Å². The van der Waals surface area contributed by atoms with Crippen molar-refractivity contribution in [2.24, 2.45) is 22.9 Å². The van der Waals surface area contributed by atoms with E-state index in [9.17, 15) is 19.8 Å². The monoisotopic (exact) mass is 719 g/mol. The van der Waals surface area contributed by atoms with Crippen molar-refractivity contribution in [2.45, 2.75) is 76.2 Å². The van der Waals surface area contributed by atoms with E-state index in [0.29, 0.717) is 36.6 Å². The Morgan fingerprint density at radius 1 is 1.10 bits per heavy atom. The van der Waals surface area contributed by atoms with Crippen molar-refractivity contribution in [1.29, 1.82) is 0 Å². The molecule has 12 nitrogen and oxygen atoms in total. The number of likely N-dealkylation sites (N-methyl/N-ethyl adjacent to an activating group) is 1. The Bertz CT molecular complexity index is 1580. The van der Waals surface area contributed by atoms with Gasteiger partial charge in [0, 0.05) is 44.7 Å². The summed E-state index contributed by atoms with van der Waals surface area (Å²) in [4.78, 5) is 33.4. The van der Waals surface area contributed by atoms with E-state index in [-0.39, 0.29) is 50.6 Å². The zero-order valence-electron chi connectivity index (χ0n) is 30.5. The molecule has 2 aromatic rings. The number of aliphatic hydroxyl groups is 2. The van der Waals surface area contributed by atoms with E-state index in [1.165, 1.54) is 12.0 Å². The zero-order chi connectivity index (χ0) is 37.1. The number of carbonyl (C=O) groups excluding carboxylic acids is 2. The van der Waals surface area contributed by atoms with Crippen LogP contribution in [0.15, 0.2) is 78.0 Å². The van der Waals surface area contributed by atoms with Gasteiger partial charge in [-0.2, -0.15) is 0 Å². The Morgan fingerprint density at radius 3 is 2.54 bits per heavy atom. The number of carbonyl (C=O) groups is 2. The van der Waals surface area contributed by atoms with Crippen LogP contribution in [0.4, 0.5) is 9.59 Å². The largest absolute Gasteiger partial charge is 0.459 e. The third-order valence-corrected chi connectivity index (χ3v) is 10.4. The molecular weight excluding hydrogens is 666 g/mol. The molecule has 1 aliphatic heterocycles. The SMILES string of the molecule is C=CCOC12Oc3ccc(OC(=O)NCc4ccccc4)cc3C3C(CCCCO)C(CCCCO)C=C(C(=NOC)CC1N(C)C(=O)OCC)C32. The van der Waals surface area contributed by atoms with E-state index in [1.54, 1.807) is 32.2 Å². The van der Waals surface area contributed by atoms with Gasteiger partial charge in [0.2, 0.25) is 5.79 Å². The van der Waals surface area contributed by atoms with Crippen LogP contribution >= 0.6 is 0 Å². The molecule has 1 fully saturated rings. The highest BCUT2D eigenvalue weighted by atomic mass is 16.7. The molecule has 3 N–H and O–H groups in total. The first-order chi connectivity index (χ1) is 25.3. The molecule has 0 spiro atoms. The number of unbranched alkanes of at least 4 members (excludes halogenated alkanes) is 2. The Morgan fingerprint density at radius 2 is 1.85 bits per heavy atom. The second kappa shape index (κ2) is 18.4. The lowest BCUT2D eigenvalue weighted by molar-refractivity contribution is -0.253. The molecule has 6 unspecified atom stereocenters. The van der Waals surface area contributed by atoms with Gasteiger partial charge in [0.1, 0.15) is 24.7 Å². The first-order valence-electron chi connectivity index (χ1n) is 18.3. The highest BCUT2D eigenvalue weighted by molar-refractivity contribution is 6.02. The molecule has 12 heteroatoms. The van der Waals surface area contributed by atoms with Crippen molar-refractivity contribution >= 4 is 17.9 Å². The molecule has 0 bridgehead atoms. The second-order valence-corrected chi connectivity index (χ2v) is 13.5. The van der Waals surface area contributed by atoms with Crippen molar-refractivity contribution < 1.29 is 43.6 Å². The molecule has 0 radical (unpaired) electrons. The lowest BCUT2D eigenvalue weighted by Gasteiger charge is -2.59. The van der Waals surface area contributed by atoms with E-state index in [0.717, 1.165) is 42.4 Å². The Labute approximate surface area is 306 Å². The molecule has 2 amide bonds. The van der Waals surface area contributed by atoms with Gasteiger partial charge in [-0.05, 0) is 73.8 Å². The molecule has 1 heterocycles. The van der Waals surface area contributed by atoms with Crippen molar-refractivity contribution in [2.75, 3.05) is 40.6 Å². The summed E-state index contributed by atoms with van der Waals surface area (Å²) in [6.07, 6.45) is 7.60. The lowest BCUT2D eigenvalue weighted by Crippen LogP contribution is -2.69. The summed E-state index contributed by atoms with van der Waals surface area (Å²) in [5.41, 5.74) is 3.38. The summed E-state index contributed by atoms with van der Waals surface area (Å²) in [5, 5.41) is 26.8.